The number of unbranched alkanes of at least 4 members (excludes halogenated alkanes) is 3. The second kappa shape index (κ2) is 13.1. The Bertz CT molecular complexity index is 469. The Hall–Kier alpha value is -1.20. The van der Waals surface area contributed by atoms with E-state index in [0.29, 0.717) is 25.4 Å². The number of esters is 1. The first kappa shape index (κ1) is 23.8. The summed E-state index contributed by atoms with van der Waals surface area (Å²) in [4.78, 5) is 23.4. The van der Waals surface area contributed by atoms with E-state index in [4.69, 9.17) is 9.47 Å². The van der Waals surface area contributed by atoms with Crippen LogP contribution in [-0.2, 0) is 19.1 Å². The van der Waals surface area contributed by atoms with E-state index in [1.807, 2.05) is 13.0 Å². The molecule has 0 bridgehead atoms. The van der Waals surface area contributed by atoms with Crippen LogP contribution in [0.25, 0.3) is 0 Å². The summed E-state index contributed by atoms with van der Waals surface area (Å²) in [5.41, 5.74) is -0.785. The molecule has 3 atom stereocenters. The molecule has 1 saturated carbocycles. The summed E-state index contributed by atoms with van der Waals surface area (Å²) in [7, 11) is 0. The predicted molar refractivity (Wildman–Crippen MR) is 106 cm³/mol. The van der Waals surface area contributed by atoms with E-state index in [1.165, 1.54) is 0 Å². The Labute approximate surface area is 164 Å². The molecular weight excluding hydrogens is 344 g/mol. The molecule has 1 N–H and O–H groups in total. The highest BCUT2D eigenvalue weighted by molar-refractivity contribution is 5.83. The first-order valence-corrected chi connectivity index (χ1v) is 10.6. The van der Waals surface area contributed by atoms with Crippen molar-refractivity contribution in [2.24, 2.45) is 11.8 Å². The molecule has 1 fully saturated rings. The average molecular weight is 383 g/mol. The minimum atomic E-state index is -0.785. The maximum Gasteiger partial charge on any atom is 0.332 e. The maximum atomic E-state index is 12.2. The molecule has 0 spiro atoms. The van der Waals surface area contributed by atoms with Gasteiger partial charge in [-0.3, -0.25) is 4.79 Å². The van der Waals surface area contributed by atoms with Crippen LogP contribution in [0.2, 0.25) is 0 Å². The summed E-state index contributed by atoms with van der Waals surface area (Å²) in [6.07, 6.45) is 12.1. The molecule has 0 radical (unpaired) electrons. The fourth-order valence-corrected chi connectivity index (χ4v) is 3.61. The number of rotatable bonds is 14. The van der Waals surface area contributed by atoms with Crippen LogP contribution in [0.1, 0.15) is 78.6 Å². The van der Waals surface area contributed by atoms with Crippen molar-refractivity contribution in [2.75, 3.05) is 19.8 Å². The lowest BCUT2D eigenvalue weighted by molar-refractivity contribution is -0.148. The lowest BCUT2D eigenvalue weighted by Crippen LogP contribution is -2.21. The van der Waals surface area contributed by atoms with Crippen molar-refractivity contribution in [3.05, 3.63) is 12.2 Å². The number of ether oxygens (including phenoxy) is 2. The van der Waals surface area contributed by atoms with Crippen LogP contribution in [0.5, 0.6) is 0 Å². The molecule has 27 heavy (non-hydrogen) atoms. The lowest BCUT2D eigenvalue weighted by atomic mass is 9.88. The van der Waals surface area contributed by atoms with Crippen molar-refractivity contribution in [2.45, 2.75) is 84.2 Å². The predicted octanol–water partition coefficient (Wildman–Crippen LogP) is 4.22. The zero-order valence-electron chi connectivity index (χ0n) is 17.4. The van der Waals surface area contributed by atoms with Crippen molar-refractivity contribution in [3.63, 3.8) is 0 Å². The van der Waals surface area contributed by atoms with E-state index in [0.717, 1.165) is 51.4 Å². The van der Waals surface area contributed by atoms with Gasteiger partial charge in [0.25, 0.3) is 0 Å². The molecule has 0 aromatic heterocycles. The van der Waals surface area contributed by atoms with Gasteiger partial charge in [-0.2, -0.15) is 0 Å². The molecule has 5 heteroatoms. The molecular formula is C22H38O5. The summed E-state index contributed by atoms with van der Waals surface area (Å²) >= 11 is 0. The molecule has 0 aromatic rings. The Morgan fingerprint density at radius 1 is 1.26 bits per heavy atom. The average Bonchev–Trinajstić information content (AvgIpc) is 2.97. The summed E-state index contributed by atoms with van der Waals surface area (Å²) in [6, 6.07) is 0. The zero-order chi connectivity index (χ0) is 20.1. The normalized spacial score (nSPS) is 22.3. The van der Waals surface area contributed by atoms with E-state index >= 15 is 0 Å². The number of Topliss-reactive ketones (excluding diaryl/α,β-unsaturated/α-hetero) is 1. The van der Waals surface area contributed by atoms with E-state index in [1.54, 1.807) is 6.92 Å². The van der Waals surface area contributed by atoms with E-state index < -0.39 is 5.60 Å². The summed E-state index contributed by atoms with van der Waals surface area (Å²) < 4.78 is 10.1. The van der Waals surface area contributed by atoms with E-state index in [2.05, 4.69) is 13.0 Å². The van der Waals surface area contributed by atoms with Crippen LogP contribution in [0.4, 0.5) is 0 Å². The largest absolute Gasteiger partial charge is 0.464 e. The van der Waals surface area contributed by atoms with E-state index in [-0.39, 0.29) is 24.4 Å². The first-order valence-electron chi connectivity index (χ1n) is 10.6. The topological polar surface area (TPSA) is 72.8 Å². The second-order valence-corrected chi connectivity index (χ2v) is 7.80. The SMILES string of the molecule is CCCCC[C@](C)(O)/C=C/C1CCC(=O)[C@@H]1CCCCOCC(=O)OCC. The molecule has 0 saturated heterocycles. The third kappa shape index (κ3) is 10.1. The Morgan fingerprint density at radius 2 is 2.04 bits per heavy atom. The van der Waals surface area contributed by atoms with Gasteiger partial charge in [-0.25, -0.2) is 4.79 Å². The van der Waals surface area contributed by atoms with Crippen LogP contribution < -0.4 is 0 Å². The highest BCUT2D eigenvalue weighted by Crippen LogP contribution is 2.34. The highest BCUT2D eigenvalue weighted by Gasteiger charge is 2.32. The van der Waals surface area contributed by atoms with Crippen molar-refractivity contribution in [3.8, 4) is 0 Å². The molecule has 156 valence electrons. The summed E-state index contributed by atoms with van der Waals surface area (Å²) in [5, 5.41) is 10.5. The van der Waals surface area contributed by atoms with Crippen molar-refractivity contribution in [1.29, 1.82) is 0 Å². The smallest absolute Gasteiger partial charge is 0.332 e. The van der Waals surface area contributed by atoms with Gasteiger partial charge in [0, 0.05) is 18.9 Å². The fraction of sp³-hybridized carbons (Fsp3) is 0.818. The van der Waals surface area contributed by atoms with Crippen LogP contribution in [0, 0.1) is 11.8 Å². The molecule has 0 aromatic carbocycles. The fourth-order valence-electron chi connectivity index (χ4n) is 3.61. The van der Waals surface area contributed by atoms with E-state index in [9.17, 15) is 14.7 Å². The molecule has 1 aliphatic carbocycles. The van der Waals surface area contributed by atoms with Crippen LogP contribution in [0.15, 0.2) is 12.2 Å². The molecule has 0 heterocycles. The number of allylic oxidation sites excluding steroid dienone is 1. The van der Waals surface area contributed by atoms with Gasteiger partial charge in [-0.1, -0.05) is 44.8 Å². The van der Waals surface area contributed by atoms with Crippen molar-refractivity contribution in [1.82, 2.24) is 0 Å². The third-order valence-electron chi connectivity index (χ3n) is 5.22. The van der Waals surface area contributed by atoms with Crippen LogP contribution >= 0.6 is 0 Å². The minimum Gasteiger partial charge on any atom is -0.464 e. The molecule has 5 nitrogen and oxygen atoms in total. The Kier molecular flexibility index (Phi) is 11.5. The number of hydrogen-bond acceptors (Lipinski definition) is 5. The standard InChI is InChI=1S/C22H38O5/c1-4-6-8-14-22(3,25)15-13-18-11-12-20(23)19(18)10-7-9-16-26-17-21(24)27-5-2/h13,15,18-19,25H,4-12,14,16-17H2,1-3H3/b15-13+/t18?,19-,22+/m1/s1. The van der Waals surface area contributed by atoms with Gasteiger partial charge in [0.05, 0.1) is 12.2 Å². The van der Waals surface area contributed by atoms with Gasteiger partial charge in [0.15, 0.2) is 0 Å². The van der Waals surface area contributed by atoms with Gasteiger partial charge in [0.2, 0.25) is 0 Å². The number of ketones is 1. The van der Waals surface area contributed by atoms with Gasteiger partial charge in [-0.05, 0) is 45.4 Å². The highest BCUT2D eigenvalue weighted by atomic mass is 16.6. The van der Waals surface area contributed by atoms with Gasteiger partial charge in [0.1, 0.15) is 12.4 Å². The number of aliphatic hydroxyl groups is 1. The quantitative estimate of drug-likeness (QED) is 0.277. The van der Waals surface area contributed by atoms with Crippen molar-refractivity contribution < 1.29 is 24.2 Å². The van der Waals surface area contributed by atoms with Gasteiger partial charge < -0.3 is 14.6 Å². The molecule has 0 aliphatic heterocycles. The Morgan fingerprint density at radius 3 is 2.74 bits per heavy atom. The number of carbonyl (C=O) groups is 2. The number of hydrogen-bond donors (Lipinski definition) is 1. The molecule has 1 aliphatic rings. The monoisotopic (exact) mass is 382 g/mol. The Balaban J connectivity index is 2.33. The molecule has 1 unspecified atom stereocenters. The third-order valence-corrected chi connectivity index (χ3v) is 5.22. The zero-order valence-corrected chi connectivity index (χ0v) is 17.4. The second-order valence-electron chi connectivity index (χ2n) is 7.80. The molecule has 0 amide bonds. The lowest BCUT2D eigenvalue weighted by Gasteiger charge is -2.21. The van der Waals surface area contributed by atoms with Crippen LogP contribution in [-0.4, -0.2) is 42.3 Å². The summed E-state index contributed by atoms with van der Waals surface area (Å²) in [6.45, 7) is 6.65. The maximum absolute atomic E-state index is 12.2. The summed E-state index contributed by atoms with van der Waals surface area (Å²) in [5.74, 6) is 0.288. The minimum absolute atomic E-state index is 0.00528. The first-order chi connectivity index (χ1) is 12.9. The van der Waals surface area contributed by atoms with Crippen LogP contribution in [0.3, 0.4) is 0 Å². The molecule has 1 rings (SSSR count). The van der Waals surface area contributed by atoms with Crippen molar-refractivity contribution >= 4 is 11.8 Å². The van der Waals surface area contributed by atoms with Gasteiger partial charge in [-0.15, -0.1) is 0 Å². The number of carbonyl (C=O) groups excluding carboxylic acids is 2. The van der Waals surface area contributed by atoms with Gasteiger partial charge >= 0.3 is 5.97 Å².